The zero-order valence-electron chi connectivity index (χ0n) is 11.0. The van der Waals surface area contributed by atoms with E-state index in [1.54, 1.807) is 4.52 Å². The number of hydrogen-bond donors (Lipinski definition) is 1. The standard InChI is InChI=1S/C13H19BrN4/c1-9(2)4-5-10(3)15-13-16-12-7-6-11(14)8-18(12)17-13/h6-10H,4-5H2,1-3H3,(H,15,17). The largest absolute Gasteiger partial charge is 0.350 e. The van der Waals surface area contributed by atoms with Gasteiger partial charge in [0.2, 0.25) is 5.95 Å². The molecule has 1 atom stereocenters. The van der Waals surface area contributed by atoms with Gasteiger partial charge in [-0.15, -0.1) is 5.10 Å². The van der Waals surface area contributed by atoms with Gasteiger partial charge in [0.15, 0.2) is 5.65 Å². The van der Waals surface area contributed by atoms with Crippen LogP contribution in [0.2, 0.25) is 0 Å². The van der Waals surface area contributed by atoms with Crippen molar-refractivity contribution in [3.63, 3.8) is 0 Å². The van der Waals surface area contributed by atoms with E-state index in [4.69, 9.17) is 0 Å². The second kappa shape index (κ2) is 5.69. The number of nitrogens with one attached hydrogen (secondary N) is 1. The van der Waals surface area contributed by atoms with Gasteiger partial charge < -0.3 is 5.32 Å². The van der Waals surface area contributed by atoms with Crippen molar-refractivity contribution in [3.05, 3.63) is 22.8 Å². The van der Waals surface area contributed by atoms with Crippen LogP contribution in [-0.2, 0) is 0 Å². The monoisotopic (exact) mass is 310 g/mol. The number of halogens is 1. The first kappa shape index (κ1) is 13.3. The third-order valence-electron chi connectivity index (χ3n) is 2.85. The van der Waals surface area contributed by atoms with Gasteiger partial charge in [0.1, 0.15) is 0 Å². The number of rotatable bonds is 5. The maximum Gasteiger partial charge on any atom is 0.243 e. The molecule has 2 aromatic heterocycles. The first-order valence-corrected chi connectivity index (χ1v) is 7.12. The van der Waals surface area contributed by atoms with Crippen molar-refractivity contribution in [2.75, 3.05) is 5.32 Å². The van der Waals surface area contributed by atoms with Gasteiger partial charge in [-0.25, -0.2) is 4.52 Å². The SMILES string of the molecule is CC(C)CCC(C)Nc1nc2ccc(Br)cn2n1. The first-order chi connectivity index (χ1) is 8.54. The Morgan fingerprint density at radius 1 is 1.28 bits per heavy atom. The topological polar surface area (TPSA) is 42.2 Å². The Kier molecular flexibility index (Phi) is 4.22. The van der Waals surface area contributed by atoms with Gasteiger partial charge in [0, 0.05) is 16.7 Å². The van der Waals surface area contributed by atoms with Crippen LogP contribution in [0.4, 0.5) is 5.95 Å². The van der Waals surface area contributed by atoms with Gasteiger partial charge in [-0.2, -0.15) is 4.98 Å². The molecule has 0 amide bonds. The Balaban J connectivity index is 2.03. The molecule has 0 saturated heterocycles. The van der Waals surface area contributed by atoms with E-state index in [2.05, 4.69) is 52.1 Å². The lowest BCUT2D eigenvalue weighted by Crippen LogP contribution is -2.16. The number of nitrogens with zero attached hydrogens (tertiary/aromatic N) is 3. The maximum absolute atomic E-state index is 4.44. The van der Waals surface area contributed by atoms with Crippen LogP contribution in [0.5, 0.6) is 0 Å². The summed E-state index contributed by atoms with van der Waals surface area (Å²) in [7, 11) is 0. The number of aromatic nitrogens is 3. The predicted molar refractivity (Wildman–Crippen MR) is 77.8 cm³/mol. The molecule has 4 nitrogen and oxygen atoms in total. The van der Waals surface area contributed by atoms with Crippen LogP contribution in [0.3, 0.4) is 0 Å². The molecule has 5 heteroatoms. The lowest BCUT2D eigenvalue weighted by Gasteiger charge is -2.13. The Bertz CT molecular complexity index is 521. The lowest BCUT2D eigenvalue weighted by molar-refractivity contribution is 0.526. The molecule has 1 N–H and O–H groups in total. The van der Waals surface area contributed by atoms with E-state index in [9.17, 15) is 0 Å². The molecule has 0 aliphatic carbocycles. The quantitative estimate of drug-likeness (QED) is 0.915. The Morgan fingerprint density at radius 3 is 2.78 bits per heavy atom. The Labute approximate surface area is 116 Å². The molecule has 0 fully saturated rings. The van der Waals surface area contributed by atoms with Crippen molar-refractivity contribution >= 4 is 27.5 Å². The lowest BCUT2D eigenvalue weighted by atomic mass is 10.0. The van der Waals surface area contributed by atoms with Gasteiger partial charge in [-0.3, -0.25) is 0 Å². The van der Waals surface area contributed by atoms with Crippen molar-refractivity contribution in [2.24, 2.45) is 5.92 Å². The molecule has 0 saturated carbocycles. The number of anilines is 1. The smallest absolute Gasteiger partial charge is 0.243 e. The van der Waals surface area contributed by atoms with E-state index in [0.717, 1.165) is 22.5 Å². The summed E-state index contributed by atoms with van der Waals surface area (Å²) in [6.45, 7) is 6.66. The van der Waals surface area contributed by atoms with E-state index < -0.39 is 0 Å². The van der Waals surface area contributed by atoms with Crippen molar-refractivity contribution in [2.45, 2.75) is 39.7 Å². The average Bonchev–Trinajstić information content (AvgIpc) is 2.67. The van der Waals surface area contributed by atoms with Crippen molar-refractivity contribution in [1.82, 2.24) is 14.6 Å². The highest BCUT2D eigenvalue weighted by molar-refractivity contribution is 9.10. The fourth-order valence-electron chi connectivity index (χ4n) is 1.80. The summed E-state index contributed by atoms with van der Waals surface area (Å²) < 4.78 is 2.78. The van der Waals surface area contributed by atoms with Gasteiger partial charge in [-0.05, 0) is 53.7 Å². The van der Waals surface area contributed by atoms with Crippen LogP contribution in [-0.4, -0.2) is 20.6 Å². The Morgan fingerprint density at radius 2 is 2.06 bits per heavy atom. The summed E-state index contributed by atoms with van der Waals surface area (Å²) >= 11 is 3.42. The minimum atomic E-state index is 0.397. The van der Waals surface area contributed by atoms with E-state index in [-0.39, 0.29) is 0 Å². The molecule has 2 aromatic rings. The van der Waals surface area contributed by atoms with E-state index in [1.165, 1.54) is 6.42 Å². The zero-order valence-corrected chi connectivity index (χ0v) is 12.6. The maximum atomic E-state index is 4.44. The molecule has 1 unspecified atom stereocenters. The Hall–Kier alpha value is -1.10. The van der Waals surface area contributed by atoms with Crippen molar-refractivity contribution in [1.29, 1.82) is 0 Å². The molecular formula is C13H19BrN4. The molecular weight excluding hydrogens is 292 g/mol. The fourth-order valence-corrected chi connectivity index (χ4v) is 2.12. The number of hydrogen-bond acceptors (Lipinski definition) is 3. The zero-order chi connectivity index (χ0) is 13.1. The summed E-state index contributed by atoms with van der Waals surface area (Å²) in [5.41, 5.74) is 0.858. The highest BCUT2D eigenvalue weighted by Gasteiger charge is 2.08. The normalized spacial score (nSPS) is 13.2. The summed E-state index contributed by atoms with van der Waals surface area (Å²) in [6, 6.07) is 4.31. The molecule has 2 heterocycles. The van der Waals surface area contributed by atoms with Crippen LogP contribution in [0.15, 0.2) is 22.8 Å². The van der Waals surface area contributed by atoms with Crippen molar-refractivity contribution < 1.29 is 0 Å². The molecule has 18 heavy (non-hydrogen) atoms. The van der Waals surface area contributed by atoms with E-state index in [0.29, 0.717) is 12.0 Å². The average molecular weight is 311 g/mol. The second-order valence-electron chi connectivity index (χ2n) is 5.10. The second-order valence-corrected chi connectivity index (χ2v) is 6.02. The fraction of sp³-hybridized carbons (Fsp3) is 0.538. The van der Waals surface area contributed by atoms with Gasteiger partial charge in [-0.1, -0.05) is 13.8 Å². The van der Waals surface area contributed by atoms with Gasteiger partial charge in [0.25, 0.3) is 0 Å². The van der Waals surface area contributed by atoms with Gasteiger partial charge >= 0.3 is 0 Å². The highest BCUT2D eigenvalue weighted by atomic mass is 79.9. The number of pyridine rings is 1. The summed E-state index contributed by atoms with van der Waals surface area (Å²) in [5.74, 6) is 1.43. The molecule has 0 aromatic carbocycles. The molecule has 2 rings (SSSR count). The van der Waals surface area contributed by atoms with Crippen LogP contribution in [0.25, 0.3) is 5.65 Å². The predicted octanol–water partition coefficient (Wildman–Crippen LogP) is 3.73. The summed E-state index contributed by atoms with van der Waals surface area (Å²) in [6.07, 6.45) is 4.26. The molecule has 0 aliphatic rings. The van der Waals surface area contributed by atoms with Crippen LogP contribution in [0.1, 0.15) is 33.6 Å². The number of fused-ring (bicyclic) bond motifs is 1. The van der Waals surface area contributed by atoms with Crippen LogP contribution < -0.4 is 5.32 Å². The van der Waals surface area contributed by atoms with E-state index in [1.807, 2.05) is 18.3 Å². The van der Waals surface area contributed by atoms with Crippen LogP contribution in [0, 0.1) is 5.92 Å². The molecule has 0 aliphatic heterocycles. The van der Waals surface area contributed by atoms with Crippen molar-refractivity contribution in [3.8, 4) is 0 Å². The third-order valence-corrected chi connectivity index (χ3v) is 3.32. The third kappa shape index (κ3) is 3.45. The van der Waals surface area contributed by atoms with E-state index >= 15 is 0 Å². The van der Waals surface area contributed by atoms with Gasteiger partial charge in [0.05, 0.1) is 0 Å². The first-order valence-electron chi connectivity index (χ1n) is 6.33. The molecule has 98 valence electrons. The summed E-state index contributed by atoms with van der Waals surface area (Å²) in [5, 5.41) is 7.75. The minimum absolute atomic E-state index is 0.397. The minimum Gasteiger partial charge on any atom is -0.350 e. The molecule has 0 spiro atoms. The highest BCUT2D eigenvalue weighted by Crippen LogP contribution is 2.14. The molecule has 0 radical (unpaired) electrons. The van der Waals surface area contributed by atoms with Crippen LogP contribution >= 0.6 is 15.9 Å². The molecule has 0 bridgehead atoms. The summed E-state index contributed by atoms with van der Waals surface area (Å²) in [4.78, 5) is 4.44.